The lowest BCUT2D eigenvalue weighted by Gasteiger charge is -2.19. The minimum absolute atomic E-state index is 0.267. The van der Waals surface area contributed by atoms with Crippen LogP contribution in [0.1, 0.15) is 59.9 Å². The summed E-state index contributed by atoms with van der Waals surface area (Å²) in [7, 11) is 0. The summed E-state index contributed by atoms with van der Waals surface area (Å²) in [6, 6.07) is 17.2. The van der Waals surface area contributed by atoms with Crippen LogP contribution >= 0.6 is 0 Å². The van der Waals surface area contributed by atoms with Crippen LogP contribution in [0.2, 0.25) is 0 Å². The Hall–Kier alpha value is -3.65. The van der Waals surface area contributed by atoms with Gasteiger partial charge in [0.2, 0.25) is 0 Å². The first-order chi connectivity index (χ1) is 15.5. The number of carbonyl (C=O) groups is 1. The molecule has 32 heavy (non-hydrogen) atoms. The van der Waals surface area contributed by atoms with Crippen LogP contribution < -0.4 is 10.1 Å². The Balaban J connectivity index is 2.17. The molecule has 0 unspecified atom stereocenters. The van der Waals surface area contributed by atoms with Gasteiger partial charge in [-0.25, -0.2) is 0 Å². The average molecular weight is 428 g/mol. The normalized spacial score (nSPS) is 10.5. The number of rotatable bonds is 8. The molecule has 1 aromatic heterocycles. The maximum Gasteiger partial charge on any atom is 0.261 e. The Morgan fingerprint density at radius 1 is 1.06 bits per heavy atom. The van der Waals surface area contributed by atoms with Crippen molar-refractivity contribution in [2.24, 2.45) is 0 Å². The average Bonchev–Trinajstić information content (AvgIpc) is 2.82. The fraction of sp³-hybridized carbons (Fsp3) is 0.296. The summed E-state index contributed by atoms with van der Waals surface area (Å²) in [6.07, 6.45) is 2.44. The van der Waals surface area contributed by atoms with E-state index >= 15 is 0 Å². The highest BCUT2D eigenvalue weighted by atomic mass is 16.5. The lowest BCUT2D eigenvalue weighted by Crippen LogP contribution is -2.18. The van der Waals surface area contributed by atoms with Gasteiger partial charge in [-0.05, 0) is 49.4 Å². The number of amides is 1. The number of aromatic nitrogens is 1. The molecule has 5 nitrogen and oxygen atoms in total. The summed E-state index contributed by atoms with van der Waals surface area (Å²) >= 11 is 0. The molecule has 0 saturated carbocycles. The Morgan fingerprint density at radius 3 is 2.38 bits per heavy atom. The van der Waals surface area contributed by atoms with Crippen molar-refractivity contribution in [3.05, 3.63) is 76.5 Å². The molecule has 3 aromatic rings. The first-order valence-electron chi connectivity index (χ1n) is 11.1. The number of nitriles is 1. The molecular weight excluding hydrogens is 398 g/mol. The van der Waals surface area contributed by atoms with Crippen molar-refractivity contribution < 1.29 is 9.53 Å². The highest BCUT2D eigenvalue weighted by molar-refractivity contribution is 6.10. The zero-order valence-electron chi connectivity index (χ0n) is 19.2. The largest absolute Gasteiger partial charge is 0.493 e. The van der Waals surface area contributed by atoms with E-state index in [0.29, 0.717) is 34.7 Å². The van der Waals surface area contributed by atoms with E-state index < -0.39 is 0 Å². The molecule has 0 saturated heterocycles. The van der Waals surface area contributed by atoms with E-state index in [2.05, 4.69) is 30.2 Å². The summed E-state index contributed by atoms with van der Waals surface area (Å²) in [5, 5.41) is 12.5. The lowest BCUT2D eigenvalue weighted by atomic mass is 10.00. The fourth-order valence-corrected chi connectivity index (χ4v) is 3.71. The third kappa shape index (κ3) is 4.97. The van der Waals surface area contributed by atoms with Crippen LogP contribution in [0.3, 0.4) is 0 Å². The highest BCUT2D eigenvalue weighted by Gasteiger charge is 2.23. The van der Waals surface area contributed by atoms with E-state index in [9.17, 15) is 10.1 Å². The monoisotopic (exact) mass is 427 g/mol. The number of hydrogen-bond acceptors (Lipinski definition) is 4. The van der Waals surface area contributed by atoms with Crippen molar-refractivity contribution in [2.45, 2.75) is 47.0 Å². The lowest BCUT2D eigenvalue weighted by molar-refractivity contribution is 0.102. The van der Waals surface area contributed by atoms with Gasteiger partial charge in [0.05, 0.1) is 23.9 Å². The summed E-state index contributed by atoms with van der Waals surface area (Å²) < 4.78 is 5.99. The molecule has 0 radical (unpaired) electrons. The maximum atomic E-state index is 13.7. The second-order valence-corrected chi connectivity index (χ2v) is 7.64. The Labute approximate surface area is 190 Å². The number of hydrogen-bond donors (Lipinski definition) is 1. The van der Waals surface area contributed by atoms with Crippen LogP contribution in [0.25, 0.3) is 11.3 Å². The fourth-order valence-electron chi connectivity index (χ4n) is 3.71. The molecule has 0 spiro atoms. The van der Waals surface area contributed by atoms with Crippen molar-refractivity contribution in [3.8, 4) is 23.1 Å². The summed E-state index contributed by atoms with van der Waals surface area (Å²) in [5.41, 5.74) is 5.87. The van der Waals surface area contributed by atoms with Gasteiger partial charge in [0.25, 0.3) is 5.91 Å². The van der Waals surface area contributed by atoms with E-state index in [1.807, 2.05) is 38.1 Å². The molecule has 0 aliphatic heterocycles. The van der Waals surface area contributed by atoms with Gasteiger partial charge >= 0.3 is 0 Å². The van der Waals surface area contributed by atoms with Gasteiger partial charge in [-0.1, -0.05) is 51.1 Å². The van der Waals surface area contributed by atoms with Crippen LogP contribution in [0.4, 0.5) is 5.69 Å². The molecule has 5 heteroatoms. The summed E-state index contributed by atoms with van der Waals surface area (Å²) in [6.45, 7) is 8.54. The van der Waals surface area contributed by atoms with Gasteiger partial charge in [0.1, 0.15) is 11.3 Å². The number of para-hydroxylation sites is 1. The minimum Gasteiger partial charge on any atom is -0.493 e. The van der Waals surface area contributed by atoms with Crippen molar-refractivity contribution in [2.75, 3.05) is 11.9 Å². The third-order valence-electron chi connectivity index (χ3n) is 5.30. The number of anilines is 1. The first kappa shape index (κ1) is 23.0. The molecular formula is C27H29N3O2. The van der Waals surface area contributed by atoms with E-state index in [4.69, 9.17) is 4.74 Å². The highest BCUT2D eigenvalue weighted by Crippen LogP contribution is 2.33. The third-order valence-corrected chi connectivity index (χ3v) is 5.30. The van der Waals surface area contributed by atoms with Gasteiger partial charge in [0, 0.05) is 23.0 Å². The van der Waals surface area contributed by atoms with Crippen LogP contribution in [0, 0.1) is 18.3 Å². The molecule has 0 fully saturated rings. The molecule has 164 valence electrons. The zero-order valence-corrected chi connectivity index (χ0v) is 19.2. The molecule has 0 aliphatic rings. The Bertz CT molecular complexity index is 1140. The molecule has 1 heterocycles. The number of nitrogens with one attached hydrogen (secondary N) is 1. The van der Waals surface area contributed by atoms with Gasteiger partial charge in [-0.2, -0.15) is 5.26 Å². The predicted octanol–water partition coefficient (Wildman–Crippen LogP) is 6.09. The van der Waals surface area contributed by atoms with E-state index in [1.54, 1.807) is 24.3 Å². The van der Waals surface area contributed by atoms with Crippen LogP contribution in [-0.4, -0.2) is 17.5 Å². The quantitative estimate of drug-likeness (QED) is 0.472. The van der Waals surface area contributed by atoms with Crippen LogP contribution in [0.15, 0.2) is 48.5 Å². The number of benzene rings is 2. The van der Waals surface area contributed by atoms with Crippen molar-refractivity contribution >= 4 is 11.6 Å². The number of carbonyl (C=O) groups excluding carboxylic acids is 1. The molecule has 0 aliphatic carbocycles. The predicted molar refractivity (Wildman–Crippen MR) is 128 cm³/mol. The van der Waals surface area contributed by atoms with E-state index in [-0.39, 0.29) is 5.91 Å². The van der Waals surface area contributed by atoms with Gasteiger partial charge < -0.3 is 10.1 Å². The van der Waals surface area contributed by atoms with Crippen molar-refractivity contribution in [3.63, 3.8) is 0 Å². The standard InChI is InChI=1S/C27H29N3O2/c1-5-14-32-23-15-18(4)29-26(22-13-8-10-19(16-22)17-28)24(23)27(31)30-25-20(6-2)11-9-12-21(25)7-3/h8-13,15-16H,5-7,14H2,1-4H3,(H,30,31). The molecule has 2 aromatic carbocycles. The van der Waals surface area contributed by atoms with Gasteiger partial charge in [0.15, 0.2) is 0 Å². The van der Waals surface area contributed by atoms with Gasteiger partial charge in [-0.15, -0.1) is 0 Å². The maximum absolute atomic E-state index is 13.7. The summed E-state index contributed by atoms with van der Waals surface area (Å²) in [4.78, 5) is 18.4. The number of nitrogens with zero attached hydrogens (tertiary/aromatic N) is 2. The SMILES string of the molecule is CCCOc1cc(C)nc(-c2cccc(C#N)c2)c1C(=O)Nc1c(CC)cccc1CC. The summed E-state index contributed by atoms with van der Waals surface area (Å²) in [5.74, 6) is 0.234. The number of pyridine rings is 1. The van der Waals surface area contributed by atoms with E-state index in [0.717, 1.165) is 41.8 Å². The van der Waals surface area contributed by atoms with Crippen molar-refractivity contribution in [1.29, 1.82) is 5.26 Å². The second kappa shape index (κ2) is 10.6. The van der Waals surface area contributed by atoms with Crippen molar-refractivity contribution in [1.82, 2.24) is 4.98 Å². The smallest absolute Gasteiger partial charge is 0.261 e. The van der Waals surface area contributed by atoms with Crippen LogP contribution in [0.5, 0.6) is 5.75 Å². The minimum atomic E-state index is -0.267. The molecule has 1 amide bonds. The molecule has 3 rings (SSSR count). The first-order valence-corrected chi connectivity index (χ1v) is 11.1. The topological polar surface area (TPSA) is 75.0 Å². The number of ether oxygens (including phenoxy) is 1. The Kier molecular flexibility index (Phi) is 7.62. The second-order valence-electron chi connectivity index (χ2n) is 7.64. The Morgan fingerprint density at radius 2 is 1.75 bits per heavy atom. The number of aryl methyl sites for hydroxylation is 3. The van der Waals surface area contributed by atoms with Crippen LogP contribution in [-0.2, 0) is 12.8 Å². The van der Waals surface area contributed by atoms with E-state index in [1.165, 1.54) is 0 Å². The molecule has 1 N–H and O–H groups in total. The molecule has 0 atom stereocenters. The zero-order chi connectivity index (χ0) is 23.1. The van der Waals surface area contributed by atoms with Gasteiger partial charge in [-0.3, -0.25) is 9.78 Å². The molecule has 0 bridgehead atoms.